The van der Waals surface area contributed by atoms with Crippen LogP contribution in [-0.4, -0.2) is 67.1 Å². The number of anilines is 1. The van der Waals surface area contributed by atoms with E-state index in [1.807, 2.05) is 19.0 Å². The molecule has 0 aliphatic heterocycles. The highest BCUT2D eigenvalue weighted by molar-refractivity contribution is 6.30. The Balaban J connectivity index is 2.89. The average Bonchev–Trinajstić information content (AvgIpc) is 2.30. The van der Waals surface area contributed by atoms with Crippen LogP contribution in [0.1, 0.15) is 0 Å². The maximum Gasteiger partial charge on any atom is 0.326 e. The highest BCUT2D eigenvalue weighted by atomic mass is 35.5. The molecule has 0 radical (unpaired) electrons. The van der Waals surface area contributed by atoms with E-state index in [0.29, 0.717) is 17.5 Å². The molecule has 6 nitrogen and oxygen atoms in total. The molecule has 1 rings (SSSR count). The SMILES string of the molecule is CN(C)CCN(C(=O)N(C)C)c1ncc(Cl)cn1. The van der Waals surface area contributed by atoms with Gasteiger partial charge in [0.2, 0.25) is 5.95 Å². The average molecular weight is 272 g/mol. The van der Waals surface area contributed by atoms with Gasteiger partial charge in [0.25, 0.3) is 0 Å². The van der Waals surface area contributed by atoms with E-state index in [-0.39, 0.29) is 6.03 Å². The lowest BCUT2D eigenvalue weighted by molar-refractivity contribution is 0.222. The van der Waals surface area contributed by atoms with E-state index in [2.05, 4.69) is 9.97 Å². The van der Waals surface area contributed by atoms with Crippen molar-refractivity contribution in [2.24, 2.45) is 0 Å². The van der Waals surface area contributed by atoms with Gasteiger partial charge in [-0.05, 0) is 14.1 Å². The molecule has 0 atom stereocenters. The van der Waals surface area contributed by atoms with Crippen LogP contribution >= 0.6 is 11.6 Å². The largest absolute Gasteiger partial charge is 0.330 e. The van der Waals surface area contributed by atoms with Crippen LogP contribution in [-0.2, 0) is 0 Å². The Morgan fingerprint density at radius 1 is 1.17 bits per heavy atom. The van der Waals surface area contributed by atoms with Gasteiger partial charge in [-0.1, -0.05) is 11.6 Å². The first kappa shape index (κ1) is 14.7. The summed E-state index contributed by atoms with van der Waals surface area (Å²) in [7, 11) is 7.28. The van der Waals surface area contributed by atoms with Gasteiger partial charge >= 0.3 is 6.03 Å². The van der Waals surface area contributed by atoms with Crippen molar-refractivity contribution in [3.05, 3.63) is 17.4 Å². The third-order valence-corrected chi connectivity index (χ3v) is 2.43. The number of aromatic nitrogens is 2. The molecule has 1 aromatic rings. The van der Waals surface area contributed by atoms with E-state index >= 15 is 0 Å². The van der Waals surface area contributed by atoms with E-state index in [1.54, 1.807) is 14.1 Å². The van der Waals surface area contributed by atoms with Crippen molar-refractivity contribution in [1.29, 1.82) is 0 Å². The van der Waals surface area contributed by atoms with Crippen molar-refractivity contribution in [1.82, 2.24) is 19.8 Å². The summed E-state index contributed by atoms with van der Waals surface area (Å²) in [5.41, 5.74) is 0. The van der Waals surface area contributed by atoms with Crippen molar-refractivity contribution in [2.45, 2.75) is 0 Å². The first-order valence-corrected chi connectivity index (χ1v) is 5.90. The fourth-order valence-electron chi connectivity index (χ4n) is 1.27. The molecule has 0 unspecified atom stereocenters. The van der Waals surface area contributed by atoms with Crippen molar-refractivity contribution >= 4 is 23.6 Å². The van der Waals surface area contributed by atoms with Crippen molar-refractivity contribution in [3.8, 4) is 0 Å². The Morgan fingerprint density at radius 2 is 1.72 bits per heavy atom. The molecular weight excluding hydrogens is 254 g/mol. The summed E-state index contributed by atoms with van der Waals surface area (Å²) in [6, 6.07) is -0.154. The van der Waals surface area contributed by atoms with Crippen molar-refractivity contribution in [3.63, 3.8) is 0 Å². The molecule has 1 aromatic heterocycles. The van der Waals surface area contributed by atoms with Crippen LogP contribution in [0.2, 0.25) is 5.02 Å². The summed E-state index contributed by atoms with van der Waals surface area (Å²) in [4.78, 5) is 25.2. The minimum absolute atomic E-state index is 0.154. The topological polar surface area (TPSA) is 52.6 Å². The summed E-state index contributed by atoms with van der Waals surface area (Å²) >= 11 is 5.74. The molecule has 2 amide bonds. The number of rotatable bonds is 4. The molecular formula is C11H18ClN5O. The van der Waals surface area contributed by atoms with E-state index in [0.717, 1.165) is 6.54 Å². The fraction of sp³-hybridized carbons (Fsp3) is 0.545. The van der Waals surface area contributed by atoms with Crippen LogP contribution in [0.5, 0.6) is 0 Å². The number of halogens is 1. The standard InChI is InChI=1S/C11H18ClN5O/c1-15(2)5-6-17(11(18)16(3)4)10-13-7-9(12)8-14-10/h7-8H,5-6H2,1-4H3. The molecule has 0 saturated heterocycles. The molecule has 18 heavy (non-hydrogen) atoms. The zero-order valence-electron chi connectivity index (χ0n) is 11.1. The van der Waals surface area contributed by atoms with E-state index in [4.69, 9.17) is 11.6 Å². The normalized spacial score (nSPS) is 10.6. The number of urea groups is 1. The lowest BCUT2D eigenvalue weighted by Gasteiger charge is -2.25. The second-order valence-electron chi connectivity index (χ2n) is 4.33. The Labute approximate surface area is 112 Å². The predicted molar refractivity (Wildman–Crippen MR) is 72.0 cm³/mol. The smallest absolute Gasteiger partial charge is 0.326 e. The number of hydrogen-bond acceptors (Lipinski definition) is 4. The van der Waals surface area contributed by atoms with Crippen LogP contribution in [0.15, 0.2) is 12.4 Å². The first-order chi connectivity index (χ1) is 8.41. The summed E-state index contributed by atoms with van der Waals surface area (Å²) in [6.45, 7) is 1.25. The lowest BCUT2D eigenvalue weighted by Crippen LogP contribution is -2.43. The molecule has 0 aromatic carbocycles. The Bertz CT molecular complexity index is 393. The van der Waals surface area contributed by atoms with Gasteiger partial charge < -0.3 is 9.80 Å². The summed E-state index contributed by atoms with van der Waals surface area (Å²) in [6.07, 6.45) is 2.96. The molecule has 0 fully saturated rings. The second-order valence-corrected chi connectivity index (χ2v) is 4.77. The molecule has 0 bridgehead atoms. The van der Waals surface area contributed by atoms with Gasteiger partial charge in [-0.2, -0.15) is 0 Å². The van der Waals surface area contributed by atoms with Crippen LogP contribution in [0.4, 0.5) is 10.7 Å². The number of carbonyl (C=O) groups excluding carboxylic acids is 1. The molecule has 0 spiro atoms. The summed E-state index contributed by atoms with van der Waals surface area (Å²) in [5.74, 6) is 0.361. The summed E-state index contributed by atoms with van der Waals surface area (Å²) in [5, 5.41) is 0.448. The maximum absolute atomic E-state index is 12.1. The third-order valence-electron chi connectivity index (χ3n) is 2.23. The monoisotopic (exact) mass is 271 g/mol. The number of amides is 2. The van der Waals surface area contributed by atoms with Gasteiger partial charge in [-0.3, -0.25) is 4.90 Å². The van der Waals surface area contributed by atoms with Crippen LogP contribution in [0.3, 0.4) is 0 Å². The molecule has 0 N–H and O–H groups in total. The lowest BCUT2D eigenvalue weighted by atomic mass is 10.5. The van der Waals surface area contributed by atoms with Gasteiger partial charge in [0.05, 0.1) is 17.4 Å². The van der Waals surface area contributed by atoms with Gasteiger partial charge in [-0.25, -0.2) is 14.8 Å². The molecule has 0 aliphatic rings. The van der Waals surface area contributed by atoms with E-state index < -0.39 is 0 Å². The van der Waals surface area contributed by atoms with Crippen molar-refractivity contribution in [2.75, 3.05) is 46.2 Å². The van der Waals surface area contributed by atoms with Crippen LogP contribution in [0, 0.1) is 0 Å². The Hall–Kier alpha value is -1.40. The molecule has 0 saturated carbocycles. The summed E-state index contributed by atoms with van der Waals surface area (Å²) < 4.78 is 0. The Morgan fingerprint density at radius 3 is 2.17 bits per heavy atom. The highest BCUT2D eigenvalue weighted by Gasteiger charge is 2.19. The third kappa shape index (κ3) is 4.12. The molecule has 1 heterocycles. The second kappa shape index (κ2) is 6.51. The van der Waals surface area contributed by atoms with Gasteiger partial charge in [0.15, 0.2) is 0 Å². The van der Waals surface area contributed by atoms with E-state index in [9.17, 15) is 4.79 Å². The van der Waals surface area contributed by atoms with Gasteiger partial charge in [-0.15, -0.1) is 0 Å². The molecule has 0 aliphatic carbocycles. The molecule has 7 heteroatoms. The van der Waals surface area contributed by atoms with Crippen LogP contribution in [0.25, 0.3) is 0 Å². The zero-order chi connectivity index (χ0) is 13.7. The number of nitrogens with zero attached hydrogens (tertiary/aromatic N) is 5. The van der Waals surface area contributed by atoms with E-state index in [1.165, 1.54) is 22.2 Å². The minimum Gasteiger partial charge on any atom is -0.330 e. The minimum atomic E-state index is -0.154. The maximum atomic E-state index is 12.1. The van der Waals surface area contributed by atoms with Crippen LogP contribution < -0.4 is 4.90 Å². The quantitative estimate of drug-likeness (QED) is 0.825. The van der Waals surface area contributed by atoms with Gasteiger partial charge in [0, 0.05) is 27.2 Å². The number of likely N-dealkylation sites (N-methyl/N-ethyl adjacent to an activating group) is 1. The number of hydrogen-bond donors (Lipinski definition) is 0. The van der Waals surface area contributed by atoms with Crippen molar-refractivity contribution < 1.29 is 4.79 Å². The Kier molecular flexibility index (Phi) is 5.30. The molecule has 100 valence electrons. The predicted octanol–water partition coefficient (Wildman–Crippen LogP) is 1.18. The fourth-order valence-corrected chi connectivity index (χ4v) is 1.37. The highest BCUT2D eigenvalue weighted by Crippen LogP contribution is 2.11. The van der Waals surface area contributed by atoms with Gasteiger partial charge in [0.1, 0.15) is 0 Å². The number of carbonyl (C=O) groups is 1. The first-order valence-electron chi connectivity index (χ1n) is 5.53. The zero-order valence-corrected chi connectivity index (χ0v) is 11.8.